The predicted octanol–water partition coefficient (Wildman–Crippen LogP) is -0.917. The summed E-state index contributed by atoms with van der Waals surface area (Å²) in [5, 5.41) is 89.6. The number of esters is 1. The van der Waals surface area contributed by atoms with Crippen LogP contribution in [0.1, 0.15) is 58.8 Å². The molecule has 4 aliphatic carbocycles. The van der Waals surface area contributed by atoms with Gasteiger partial charge in [-0.05, 0) is 56.4 Å². The van der Waals surface area contributed by atoms with Crippen molar-refractivity contribution in [1.82, 2.24) is 19.9 Å². The second-order valence-electron chi connectivity index (χ2n) is 15.9. The van der Waals surface area contributed by atoms with Gasteiger partial charge in [-0.15, -0.1) is 0 Å². The first-order chi connectivity index (χ1) is 24.5. The Balaban J connectivity index is 0.000000324. The summed E-state index contributed by atoms with van der Waals surface area (Å²) in [7, 11) is 0. The lowest BCUT2D eigenvalue weighted by atomic mass is 9.40. The Labute approximate surface area is 303 Å². The number of carbonyl (C=O) groups is 1. The molecule has 5 fully saturated rings. The number of hydrogen-bond donors (Lipinski definition) is 11. The van der Waals surface area contributed by atoms with Crippen LogP contribution in [-0.4, -0.2) is 140 Å². The number of ether oxygens (including phenoxy) is 3. The molecular formula is C34H49N5O12S. The number of H-pyrrole nitrogens is 2. The van der Waals surface area contributed by atoms with Crippen LogP contribution in [0.2, 0.25) is 0 Å². The van der Waals surface area contributed by atoms with Crippen molar-refractivity contribution >= 4 is 35.3 Å². The second-order valence-corrected chi connectivity index (χ2v) is 16.3. The lowest BCUT2D eigenvalue weighted by Gasteiger charge is -2.68. The van der Waals surface area contributed by atoms with Crippen LogP contribution >= 0.6 is 12.2 Å². The number of cyclic esters (lactones) is 1. The van der Waals surface area contributed by atoms with Crippen molar-refractivity contribution in [1.29, 1.82) is 0 Å². The number of fused-ring (bicyclic) bond motifs is 6. The van der Waals surface area contributed by atoms with Gasteiger partial charge in [0.05, 0.1) is 54.0 Å². The molecule has 12 N–H and O–H groups in total. The fourth-order valence-corrected chi connectivity index (χ4v) is 11.2. The van der Waals surface area contributed by atoms with Crippen molar-refractivity contribution < 1.29 is 59.9 Å². The summed E-state index contributed by atoms with van der Waals surface area (Å²) in [5.41, 5.74) is 2.20. The summed E-state index contributed by atoms with van der Waals surface area (Å²) in [6.07, 6.45) is -5.15. The fraction of sp³-hybridized carbons (Fsp3) is 0.765. The van der Waals surface area contributed by atoms with Gasteiger partial charge in [0.15, 0.2) is 11.9 Å². The van der Waals surface area contributed by atoms with Crippen LogP contribution in [0.3, 0.4) is 0 Å². The minimum absolute atomic E-state index is 0.0369. The van der Waals surface area contributed by atoms with Gasteiger partial charge in [-0.2, -0.15) is 4.98 Å². The number of rotatable bonds is 4. The number of imidazole rings is 1. The van der Waals surface area contributed by atoms with E-state index in [2.05, 4.69) is 19.9 Å². The molecule has 4 saturated carbocycles. The van der Waals surface area contributed by atoms with Crippen LogP contribution in [-0.2, 0) is 19.0 Å². The van der Waals surface area contributed by atoms with Gasteiger partial charge in [0.25, 0.3) is 0 Å². The van der Waals surface area contributed by atoms with Crippen LogP contribution in [0.25, 0.3) is 11.2 Å². The van der Waals surface area contributed by atoms with Crippen LogP contribution < -0.4 is 5.73 Å². The van der Waals surface area contributed by atoms with Gasteiger partial charge in [0.1, 0.15) is 35.1 Å². The summed E-state index contributed by atoms with van der Waals surface area (Å²) >= 11 is 4.95. The molecule has 0 amide bonds. The molecule has 0 spiro atoms. The van der Waals surface area contributed by atoms with Gasteiger partial charge < -0.3 is 70.8 Å². The summed E-state index contributed by atoms with van der Waals surface area (Å²) in [6, 6.07) is 0. The Morgan fingerprint density at radius 1 is 1.10 bits per heavy atom. The molecular weight excluding hydrogens is 702 g/mol. The van der Waals surface area contributed by atoms with Gasteiger partial charge in [-0.25, -0.2) is 9.78 Å². The highest BCUT2D eigenvalue weighted by atomic mass is 32.1. The topological polar surface area (TPSA) is 290 Å². The van der Waals surface area contributed by atoms with Crippen LogP contribution in [0.5, 0.6) is 0 Å². The van der Waals surface area contributed by atoms with Gasteiger partial charge in [0.2, 0.25) is 5.95 Å². The smallest absolute Gasteiger partial charge is 0.331 e. The number of aliphatic hydroxyl groups is 8. The predicted molar refractivity (Wildman–Crippen MR) is 182 cm³/mol. The molecule has 15 atom stereocenters. The van der Waals surface area contributed by atoms with Crippen molar-refractivity contribution in [2.45, 2.75) is 119 Å². The van der Waals surface area contributed by atoms with Crippen molar-refractivity contribution in [2.75, 3.05) is 18.9 Å². The molecule has 2 aromatic heterocycles. The van der Waals surface area contributed by atoms with E-state index in [4.69, 9.17) is 32.2 Å². The Kier molecular flexibility index (Phi) is 9.64. The maximum atomic E-state index is 12.4. The summed E-state index contributed by atoms with van der Waals surface area (Å²) in [6.45, 7) is 3.00. The quantitative estimate of drug-likeness (QED) is 0.102. The molecule has 8 rings (SSSR count). The van der Waals surface area contributed by atoms with Gasteiger partial charge in [-0.3, -0.25) is 0 Å². The summed E-state index contributed by atoms with van der Waals surface area (Å²) < 4.78 is 17.2. The maximum absolute atomic E-state index is 12.4. The van der Waals surface area contributed by atoms with E-state index >= 15 is 0 Å². The van der Waals surface area contributed by atoms with E-state index in [1.54, 1.807) is 0 Å². The van der Waals surface area contributed by atoms with Gasteiger partial charge in [0, 0.05) is 30.3 Å². The molecule has 288 valence electrons. The molecule has 4 heterocycles. The zero-order chi connectivity index (χ0) is 37.5. The van der Waals surface area contributed by atoms with Gasteiger partial charge in [-0.1, -0.05) is 19.1 Å². The molecule has 0 bridgehead atoms. The third-order valence-corrected chi connectivity index (χ3v) is 13.8. The Hall–Kier alpha value is -2.62. The molecule has 18 heteroatoms. The summed E-state index contributed by atoms with van der Waals surface area (Å²) in [4.78, 5) is 25.2. The highest BCUT2D eigenvalue weighted by Crippen LogP contribution is 2.70. The van der Waals surface area contributed by atoms with E-state index in [1.807, 2.05) is 6.92 Å². The van der Waals surface area contributed by atoms with E-state index in [1.165, 1.54) is 19.3 Å². The van der Waals surface area contributed by atoms with Crippen molar-refractivity contribution in [2.24, 2.45) is 28.6 Å². The lowest BCUT2D eigenvalue weighted by Crippen LogP contribution is -2.76. The number of aromatic nitrogens is 4. The van der Waals surface area contributed by atoms with E-state index < -0.39 is 95.5 Å². The highest BCUT2D eigenvalue weighted by Gasteiger charge is 2.75. The SMILES string of the molecule is C[C@@H]1O[C@@H](O[C@H]2C[C@@H](O)[C@]3(CO)[C@H]4[C@H](O)C[C@]5(C)[C@@H](C6=CC(=O)OC6)CC[C@]5(O)[C@@H]4CC[C@]3(O)C2)[C@H](O)[C@H](O)[C@H]1O.Nc1nc2nc[nH]c2c(=S)[nH]1. The average Bonchev–Trinajstić information content (AvgIpc) is 3.80. The van der Waals surface area contributed by atoms with E-state index in [0.717, 1.165) is 5.57 Å². The number of nitrogens with two attached hydrogens (primary N) is 1. The molecule has 17 nitrogen and oxygen atoms in total. The summed E-state index contributed by atoms with van der Waals surface area (Å²) in [5.74, 6) is -1.64. The van der Waals surface area contributed by atoms with E-state index in [9.17, 15) is 45.6 Å². The van der Waals surface area contributed by atoms with Crippen molar-refractivity contribution in [3.8, 4) is 0 Å². The minimum atomic E-state index is -1.67. The molecule has 0 unspecified atom stereocenters. The molecule has 0 aromatic carbocycles. The number of aliphatic hydroxyl groups excluding tert-OH is 6. The van der Waals surface area contributed by atoms with E-state index in [0.29, 0.717) is 35.1 Å². The first-order valence-corrected chi connectivity index (χ1v) is 18.2. The maximum Gasteiger partial charge on any atom is 0.331 e. The first kappa shape index (κ1) is 37.7. The number of aromatic amines is 2. The standard InChI is InChI=1S/C29H44O12.C5H5N5S/c1-13-22(34)23(35)24(36)25(40-13)41-15-8-19(32)28(12-30)21-17(3-5-27(28,37)9-15)29(38)6-4-16(14-7-20(33)39-11-14)26(29,2)10-18(21)31;6-5-9-3-2(4(11)10-5)7-1-8-3/h7,13,15-19,21-25,30-32,34-38H,3-6,8-12H2,1-2H3;1H,(H4,6,7,8,9,10,11)/t13-,15-,16+,17+,18+,19+,21+,22-,23+,24+,25-,26+,27-,28+,29-;/m0./s1. The third-order valence-electron chi connectivity index (χ3n) is 13.5. The number of hydrogen-bond acceptors (Lipinski definition) is 16. The third kappa shape index (κ3) is 5.56. The lowest BCUT2D eigenvalue weighted by molar-refractivity contribution is -0.342. The average molecular weight is 752 g/mol. The number of nitrogens with zero attached hydrogens (tertiary/aromatic N) is 2. The molecule has 1 saturated heterocycles. The van der Waals surface area contributed by atoms with Gasteiger partial charge >= 0.3 is 5.97 Å². The zero-order valence-corrected chi connectivity index (χ0v) is 29.8. The molecule has 0 radical (unpaired) electrons. The molecule has 2 aliphatic heterocycles. The molecule has 6 aliphatic rings. The van der Waals surface area contributed by atoms with E-state index in [-0.39, 0.29) is 44.2 Å². The van der Waals surface area contributed by atoms with Crippen LogP contribution in [0.15, 0.2) is 18.0 Å². The largest absolute Gasteiger partial charge is 0.458 e. The first-order valence-electron chi connectivity index (χ1n) is 17.8. The second kappa shape index (κ2) is 13.3. The van der Waals surface area contributed by atoms with Crippen molar-refractivity contribution in [3.63, 3.8) is 0 Å². The Morgan fingerprint density at radius 2 is 1.85 bits per heavy atom. The monoisotopic (exact) mass is 751 g/mol. The Morgan fingerprint density at radius 3 is 2.54 bits per heavy atom. The molecule has 52 heavy (non-hydrogen) atoms. The molecule has 2 aromatic rings. The highest BCUT2D eigenvalue weighted by molar-refractivity contribution is 7.71. The zero-order valence-electron chi connectivity index (χ0n) is 29.0. The number of anilines is 1. The van der Waals surface area contributed by atoms with Crippen LogP contribution in [0.4, 0.5) is 5.95 Å². The fourth-order valence-electron chi connectivity index (χ4n) is 10.9. The number of nitrogen functional groups attached to an aromatic ring is 1. The van der Waals surface area contributed by atoms with Crippen molar-refractivity contribution in [3.05, 3.63) is 22.6 Å². The normalized spacial score (nSPS) is 47.1. The number of nitrogens with one attached hydrogen (secondary N) is 2. The van der Waals surface area contributed by atoms with Crippen LogP contribution in [0, 0.1) is 33.2 Å². The Bertz CT molecular complexity index is 1780. The minimum Gasteiger partial charge on any atom is -0.458 e. The number of carbonyl (C=O) groups excluding carboxylic acids is 1.